The van der Waals surface area contributed by atoms with Crippen LogP contribution in [0.5, 0.6) is 0 Å². The van der Waals surface area contributed by atoms with Crippen molar-refractivity contribution in [2.45, 2.75) is 89.3 Å². The van der Waals surface area contributed by atoms with Crippen molar-refractivity contribution in [3.8, 4) is 0 Å². The van der Waals surface area contributed by atoms with Gasteiger partial charge in [-0.2, -0.15) is 0 Å². The Balaban J connectivity index is 1.36. The molecule has 2 aliphatic carbocycles. The van der Waals surface area contributed by atoms with Crippen LogP contribution < -0.4 is 5.56 Å². The van der Waals surface area contributed by atoms with Gasteiger partial charge in [0.2, 0.25) is 0 Å². The summed E-state index contributed by atoms with van der Waals surface area (Å²) in [7, 11) is 0. The molecule has 0 bridgehead atoms. The minimum atomic E-state index is -0.245. The zero-order chi connectivity index (χ0) is 24.5. The zero-order valence-corrected chi connectivity index (χ0v) is 21.5. The molecule has 36 heavy (non-hydrogen) atoms. The summed E-state index contributed by atoms with van der Waals surface area (Å²) in [6.07, 6.45) is 12.7. The first kappa shape index (κ1) is 23.8. The quantitative estimate of drug-likeness (QED) is 0.573. The summed E-state index contributed by atoms with van der Waals surface area (Å²) >= 11 is 0. The Labute approximate surface area is 213 Å². The average molecular weight is 490 g/mol. The van der Waals surface area contributed by atoms with E-state index >= 15 is 0 Å². The van der Waals surface area contributed by atoms with Crippen LogP contribution in [0.25, 0.3) is 10.9 Å². The maximum absolute atomic E-state index is 13.6. The van der Waals surface area contributed by atoms with E-state index in [1.165, 1.54) is 51.4 Å². The molecule has 6 rings (SSSR count). The number of rotatable bonds is 5. The van der Waals surface area contributed by atoms with E-state index in [1.807, 2.05) is 6.07 Å². The highest BCUT2D eigenvalue weighted by atomic mass is 16.1. The number of pyridine rings is 1. The molecule has 8 nitrogen and oxygen atoms in total. The molecule has 1 aliphatic heterocycles. The van der Waals surface area contributed by atoms with E-state index in [2.05, 4.69) is 60.1 Å². The maximum atomic E-state index is 13.6. The Hall–Kier alpha value is -2.58. The third kappa shape index (κ3) is 4.73. The fourth-order valence-electron chi connectivity index (χ4n) is 6.81. The van der Waals surface area contributed by atoms with E-state index in [0.717, 1.165) is 72.9 Å². The first-order valence-electron chi connectivity index (χ1n) is 14.1. The number of nitrogens with zero attached hydrogens (tertiary/aromatic N) is 6. The van der Waals surface area contributed by atoms with E-state index < -0.39 is 0 Å². The number of tetrazole rings is 1. The molecular weight excluding hydrogens is 450 g/mol. The second-order valence-corrected chi connectivity index (χ2v) is 11.2. The Kier molecular flexibility index (Phi) is 6.89. The lowest BCUT2D eigenvalue weighted by Crippen LogP contribution is -2.52. The average Bonchev–Trinajstić information content (AvgIpc) is 3.40. The molecule has 0 spiro atoms. The van der Waals surface area contributed by atoms with Crippen molar-refractivity contribution in [3.05, 3.63) is 51.6 Å². The van der Waals surface area contributed by atoms with Crippen LogP contribution in [-0.2, 0) is 0 Å². The Morgan fingerprint density at radius 1 is 0.889 bits per heavy atom. The van der Waals surface area contributed by atoms with Crippen LogP contribution in [-0.4, -0.2) is 67.2 Å². The molecule has 8 heteroatoms. The van der Waals surface area contributed by atoms with Crippen molar-refractivity contribution in [3.63, 3.8) is 0 Å². The van der Waals surface area contributed by atoms with E-state index in [0.29, 0.717) is 6.04 Å². The van der Waals surface area contributed by atoms with Crippen LogP contribution >= 0.6 is 0 Å². The number of H-pyrrole nitrogens is 1. The summed E-state index contributed by atoms with van der Waals surface area (Å²) in [6, 6.07) is 9.12. The maximum Gasteiger partial charge on any atom is 0.253 e. The van der Waals surface area contributed by atoms with Gasteiger partial charge in [-0.05, 0) is 66.1 Å². The summed E-state index contributed by atoms with van der Waals surface area (Å²) < 4.78 is 2.05. The van der Waals surface area contributed by atoms with Gasteiger partial charge in [0.1, 0.15) is 6.04 Å². The van der Waals surface area contributed by atoms with E-state index in [1.54, 1.807) is 0 Å². The van der Waals surface area contributed by atoms with Gasteiger partial charge in [-0.3, -0.25) is 14.6 Å². The van der Waals surface area contributed by atoms with Crippen LogP contribution in [0.15, 0.2) is 29.1 Å². The molecule has 3 aliphatic rings. The molecule has 3 aromatic rings. The molecule has 3 heterocycles. The smallest absolute Gasteiger partial charge is 0.253 e. The molecular formula is C28H39N7O. The van der Waals surface area contributed by atoms with E-state index in [9.17, 15) is 4.79 Å². The van der Waals surface area contributed by atoms with Crippen LogP contribution in [0.4, 0.5) is 0 Å². The number of nitrogens with one attached hydrogen (secondary N) is 1. The van der Waals surface area contributed by atoms with Gasteiger partial charge in [0.15, 0.2) is 5.82 Å². The van der Waals surface area contributed by atoms with Crippen LogP contribution in [0.1, 0.15) is 93.2 Å². The summed E-state index contributed by atoms with van der Waals surface area (Å²) in [5, 5.41) is 14.3. The highest BCUT2D eigenvalue weighted by Gasteiger charge is 2.35. The van der Waals surface area contributed by atoms with Gasteiger partial charge in [0.05, 0.1) is 6.04 Å². The van der Waals surface area contributed by atoms with Crippen molar-refractivity contribution in [1.82, 2.24) is 35.0 Å². The predicted molar refractivity (Wildman–Crippen MR) is 141 cm³/mol. The van der Waals surface area contributed by atoms with Gasteiger partial charge < -0.3 is 4.98 Å². The third-order valence-electron chi connectivity index (χ3n) is 8.81. The minimum Gasteiger partial charge on any atom is -0.322 e. The minimum absolute atomic E-state index is 0.0361. The lowest BCUT2D eigenvalue weighted by molar-refractivity contribution is 0.0610. The number of benzene rings is 1. The predicted octanol–water partition coefficient (Wildman–Crippen LogP) is 4.37. The second-order valence-electron chi connectivity index (χ2n) is 11.2. The number of hydrogen-bond donors (Lipinski definition) is 1. The molecule has 192 valence electrons. The molecule has 1 aromatic carbocycles. The molecule has 0 amide bonds. The highest BCUT2D eigenvalue weighted by Crippen LogP contribution is 2.34. The largest absolute Gasteiger partial charge is 0.322 e. The second kappa shape index (κ2) is 10.4. The molecule has 0 radical (unpaired) electrons. The van der Waals surface area contributed by atoms with Crippen molar-refractivity contribution in [2.75, 3.05) is 26.2 Å². The molecule has 2 saturated carbocycles. The lowest BCUT2D eigenvalue weighted by atomic mass is 9.93. The molecule has 1 atom stereocenters. The SMILES string of the molecule is Cc1ccc2cc([C@H](c3nnnn3C3CCCCC3)N3CCN(C4CCCCC4)CC3)c(=O)[nH]c2c1. The standard InChI is InChI=1S/C28H39N7O/c1-20-12-13-21-19-24(28(36)29-25(21)18-20)26(27-30-31-32-35(27)23-10-6-3-7-11-23)34-16-14-33(15-17-34)22-8-4-2-5-9-22/h12-13,18-19,22-23,26H,2-11,14-17H2,1H3,(H,29,36)/t26-/m1/s1. The van der Waals surface area contributed by atoms with Gasteiger partial charge in [-0.1, -0.05) is 50.7 Å². The Bertz CT molecular complexity index is 1230. The van der Waals surface area contributed by atoms with Crippen LogP contribution in [0.2, 0.25) is 0 Å². The molecule has 1 saturated heterocycles. The van der Waals surface area contributed by atoms with Crippen LogP contribution in [0, 0.1) is 6.92 Å². The molecule has 3 fully saturated rings. The summed E-state index contributed by atoms with van der Waals surface area (Å²) in [6.45, 7) is 5.97. The topological polar surface area (TPSA) is 82.9 Å². The van der Waals surface area contributed by atoms with Crippen molar-refractivity contribution >= 4 is 10.9 Å². The number of aryl methyl sites for hydroxylation is 1. The third-order valence-corrected chi connectivity index (χ3v) is 8.81. The van der Waals surface area contributed by atoms with Crippen LogP contribution in [0.3, 0.4) is 0 Å². The van der Waals surface area contributed by atoms with Gasteiger partial charge >= 0.3 is 0 Å². The number of aromatic amines is 1. The molecule has 2 aromatic heterocycles. The van der Waals surface area contributed by atoms with Gasteiger partial charge in [0, 0.05) is 43.3 Å². The number of aromatic nitrogens is 5. The monoisotopic (exact) mass is 489 g/mol. The Morgan fingerprint density at radius 3 is 2.31 bits per heavy atom. The lowest BCUT2D eigenvalue weighted by Gasteiger charge is -2.43. The van der Waals surface area contributed by atoms with E-state index in [-0.39, 0.29) is 11.6 Å². The molecule has 1 N–H and O–H groups in total. The first-order valence-corrected chi connectivity index (χ1v) is 14.1. The summed E-state index contributed by atoms with van der Waals surface area (Å²) in [5.74, 6) is 0.824. The van der Waals surface area contributed by atoms with Crippen molar-refractivity contribution in [1.29, 1.82) is 0 Å². The fraction of sp³-hybridized carbons (Fsp3) is 0.643. The number of hydrogen-bond acceptors (Lipinski definition) is 6. The van der Waals surface area contributed by atoms with Gasteiger partial charge in [-0.15, -0.1) is 5.10 Å². The molecule has 0 unspecified atom stereocenters. The van der Waals surface area contributed by atoms with Crippen molar-refractivity contribution < 1.29 is 0 Å². The van der Waals surface area contributed by atoms with Gasteiger partial charge in [-0.25, -0.2) is 4.68 Å². The fourth-order valence-corrected chi connectivity index (χ4v) is 6.81. The number of fused-ring (bicyclic) bond motifs is 1. The first-order chi connectivity index (χ1) is 17.7. The normalized spacial score (nSPS) is 22.2. The number of piperazine rings is 1. The Morgan fingerprint density at radius 2 is 1.58 bits per heavy atom. The highest BCUT2D eigenvalue weighted by molar-refractivity contribution is 5.79. The summed E-state index contributed by atoms with van der Waals surface area (Å²) in [5.41, 5.74) is 2.74. The van der Waals surface area contributed by atoms with Gasteiger partial charge in [0.25, 0.3) is 5.56 Å². The van der Waals surface area contributed by atoms with E-state index in [4.69, 9.17) is 0 Å². The zero-order valence-electron chi connectivity index (χ0n) is 21.5. The van der Waals surface area contributed by atoms with Crippen molar-refractivity contribution in [2.24, 2.45) is 0 Å². The summed E-state index contributed by atoms with van der Waals surface area (Å²) in [4.78, 5) is 21.9.